The molecule has 0 saturated carbocycles. The van der Waals surface area contributed by atoms with E-state index in [2.05, 4.69) is 0 Å². The van der Waals surface area contributed by atoms with Crippen molar-refractivity contribution in [3.8, 4) is 16.9 Å². The van der Waals surface area contributed by atoms with Crippen molar-refractivity contribution in [3.63, 3.8) is 0 Å². The first-order valence-corrected chi connectivity index (χ1v) is 5.82. The number of hydrogen-bond donors (Lipinski definition) is 2. The molecule has 3 N–H and O–H groups in total. The summed E-state index contributed by atoms with van der Waals surface area (Å²) in [6.07, 6.45) is 0. The van der Waals surface area contributed by atoms with Crippen molar-refractivity contribution >= 4 is 16.5 Å². The predicted molar refractivity (Wildman–Crippen MR) is 75.5 cm³/mol. The number of phenolic OH excluding ortho intramolecular Hbond substituents is 1. The van der Waals surface area contributed by atoms with Crippen molar-refractivity contribution < 1.29 is 5.11 Å². The van der Waals surface area contributed by atoms with Crippen LogP contribution in [0.1, 0.15) is 0 Å². The molecule has 0 fully saturated rings. The standard InChI is InChI=1S/C16H13NO/c17-16-8-4-3-7-14(16)15-10-12(18)9-11-5-1-2-6-13(11)15/h1-10,18H,17H2. The quantitative estimate of drug-likeness (QED) is 0.630. The molecule has 0 aliphatic carbocycles. The van der Waals surface area contributed by atoms with Crippen molar-refractivity contribution in [1.82, 2.24) is 0 Å². The number of nitrogen functional groups attached to an aromatic ring is 1. The number of hydrogen-bond acceptors (Lipinski definition) is 2. The molecule has 3 aromatic carbocycles. The van der Waals surface area contributed by atoms with Crippen molar-refractivity contribution in [3.05, 3.63) is 60.7 Å². The Labute approximate surface area is 105 Å². The van der Waals surface area contributed by atoms with Crippen molar-refractivity contribution in [2.24, 2.45) is 0 Å². The summed E-state index contributed by atoms with van der Waals surface area (Å²) in [5.41, 5.74) is 8.64. The van der Waals surface area contributed by atoms with Crippen molar-refractivity contribution in [1.29, 1.82) is 0 Å². The lowest BCUT2D eigenvalue weighted by molar-refractivity contribution is 0.476. The molecule has 0 heterocycles. The maximum Gasteiger partial charge on any atom is 0.116 e. The van der Waals surface area contributed by atoms with Gasteiger partial charge in [0.15, 0.2) is 0 Å². The molecular formula is C16H13NO. The van der Waals surface area contributed by atoms with Gasteiger partial charge in [-0.05, 0) is 34.5 Å². The second-order valence-corrected chi connectivity index (χ2v) is 4.30. The first kappa shape index (κ1) is 10.7. The third-order valence-electron chi connectivity index (χ3n) is 3.10. The first-order valence-electron chi connectivity index (χ1n) is 5.82. The van der Waals surface area contributed by atoms with Crippen LogP contribution in [0.25, 0.3) is 21.9 Å². The molecule has 0 bridgehead atoms. The van der Waals surface area contributed by atoms with E-state index in [0.717, 1.165) is 21.9 Å². The van der Waals surface area contributed by atoms with Crippen LogP contribution in [-0.4, -0.2) is 5.11 Å². The van der Waals surface area contributed by atoms with Crippen LogP contribution in [0.5, 0.6) is 5.75 Å². The predicted octanol–water partition coefficient (Wildman–Crippen LogP) is 3.79. The molecule has 3 rings (SSSR count). The second-order valence-electron chi connectivity index (χ2n) is 4.30. The summed E-state index contributed by atoms with van der Waals surface area (Å²) >= 11 is 0. The number of fused-ring (bicyclic) bond motifs is 1. The zero-order valence-electron chi connectivity index (χ0n) is 9.80. The summed E-state index contributed by atoms with van der Waals surface area (Å²) in [6.45, 7) is 0. The second kappa shape index (κ2) is 4.08. The topological polar surface area (TPSA) is 46.2 Å². The largest absolute Gasteiger partial charge is 0.508 e. The highest BCUT2D eigenvalue weighted by Crippen LogP contribution is 2.35. The molecule has 0 amide bonds. The molecule has 88 valence electrons. The van der Waals surface area contributed by atoms with Gasteiger partial charge in [-0.15, -0.1) is 0 Å². The highest BCUT2D eigenvalue weighted by atomic mass is 16.3. The van der Waals surface area contributed by atoms with Gasteiger partial charge < -0.3 is 10.8 Å². The fourth-order valence-corrected chi connectivity index (χ4v) is 2.26. The van der Waals surface area contributed by atoms with Crippen LogP contribution in [0.4, 0.5) is 5.69 Å². The summed E-state index contributed by atoms with van der Waals surface area (Å²) < 4.78 is 0. The number of phenols is 1. The summed E-state index contributed by atoms with van der Waals surface area (Å²) in [4.78, 5) is 0. The molecule has 3 aromatic rings. The Morgan fingerprint density at radius 3 is 2.33 bits per heavy atom. The van der Waals surface area contributed by atoms with E-state index in [9.17, 15) is 5.11 Å². The van der Waals surface area contributed by atoms with E-state index < -0.39 is 0 Å². The zero-order chi connectivity index (χ0) is 12.5. The minimum Gasteiger partial charge on any atom is -0.508 e. The molecule has 0 spiro atoms. The van der Waals surface area contributed by atoms with Crippen molar-refractivity contribution in [2.45, 2.75) is 0 Å². The van der Waals surface area contributed by atoms with Gasteiger partial charge in [-0.3, -0.25) is 0 Å². The lowest BCUT2D eigenvalue weighted by Gasteiger charge is -2.10. The molecule has 2 nitrogen and oxygen atoms in total. The van der Waals surface area contributed by atoms with Crippen LogP contribution in [0, 0.1) is 0 Å². The number of nitrogens with two attached hydrogens (primary N) is 1. The molecule has 2 heteroatoms. The van der Waals surface area contributed by atoms with E-state index in [4.69, 9.17) is 5.73 Å². The molecule has 18 heavy (non-hydrogen) atoms. The Kier molecular flexibility index (Phi) is 2.41. The third kappa shape index (κ3) is 1.68. The van der Waals surface area contributed by atoms with Gasteiger partial charge >= 0.3 is 0 Å². The minimum atomic E-state index is 0.256. The van der Waals surface area contributed by atoms with Gasteiger partial charge in [0.1, 0.15) is 5.75 Å². The number of rotatable bonds is 1. The van der Waals surface area contributed by atoms with Crippen LogP contribution in [0.3, 0.4) is 0 Å². The average Bonchev–Trinajstić information content (AvgIpc) is 2.38. The fourth-order valence-electron chi connectivity index (χ4n) is 2.26. The van der Waals surface area contributed by atoms with Crippen LogP contribution >= 0.6 is 0 Å². The van der Waals surface area contributed by atoms with E-state index >= 15 is 0 Å². The molecule has 0 aromatic heterocycles. The van der Waals surface area contributed by atoms with Crippen LogP contribution < -0.4 is 5.73 Å². The SMILES string of the molecule is Nc1ccccc1-c1cc(O)cc2ccccc12. The molecular weight excluding hydrogens is 222 g/mol. The number of benzene rings is 3. The Hall–Kier alpha value is -2.48. The smallest absolute Gasteiger partial charge is 0.116 e. The summed E-state index contributed by atoms with van der Waals surface area (Å²) in [5.74, 6) is 0.256. The van der Waals surface area contributed by atoms with E-state index in [1.807, 2.05) is 48.5 Å². The Morgan fingerprint density at radius 1 is 0.778 bits per heavy atom. The number of aromatic hydroxyl groups is 1. The number of para-hydroxylation sites is 1. The van der Waals surface area contributed by atoms with E-state index in [1.165, 1.54) is 0 Å². The fraction of sp³-hybridized carbons (Fsp3) is 0. The van der Waals surface area contributed by atoms with Gasteiger partial charge in [-0.1, -0.05) is 42.5 Å². The maximum atomic E-state index is 9.82. The van der Waals surface area contributed by atoms with Gasteiger partial charge in [0.25, 0.3) is 0 Å². The molecule has 0 unspecified atom stereocenters. The van der Waals surface area contributed by atoms with Gasteiger partial charge in [-0.2, -0.15) is 0 Å². The van der Waals surface area contributed by atoms with Crippen molar-refractivity contribution in [2.75, 3.05) is 5.73 Å². The number of anilines is 1. The van der Waals surface area contributed by atoms with E-state index in [1.54, 1.807) is 12.1 Å². The van der Waals surface area contributed by atoms with Gasteiger partial charge in [0.2, 0.25) is 0 Å². The van der Waals surface area contributed by atoms with Gasteiger partial charge in [0.05, 0.1) is 0 Å². The Balaban J connectivity index is 2.39. The van der Waals surface area contributed by atoms with Crippen LogP contribution in [-0.2, 0) is 0 Å². The Morgan fingerprint density at radius 2 is 1.50 bits per heavy atom. The molecule has 0 atom stereocenters. The Bertz CT molecular complexity index is 719. The van der Waals surface area contributed by atoms with Gasteiger partial charge in [0, 0.05) is 11.3 Å². The molecule has 0 saturated heterocycles. The maximum absolute atomic E-state index is 9.82. The molecule has 0 aliphatic heterocycles. The lowest BCUT2D eigenvalue weighted by Crippen LogP contribution is -1.90. The lowest BCUT2D eigenvalue weighted by atomic mass is 9.97. The van der Waals surface area contributed by atoms with Crippen LogP contribution in [0.15, 0.2) is 60.7 Å². The molecule has 0 aliphatic rings. The third-order valence-corrected chi connectivity index (χ3v) is 3.10. The monoisotopic (exact) mass is 235 g/mol. The summed E-state index contributed by atoms with van der Waals surface area (Å²) in [5, 5.41) is 11.9. The minimum absolute atomic E-state index is 0.256. The normalized spacial score (nSPS) is 10.7. The van der Waals surface area contributed by atoms with E-state index in [0.29, 0.717) is 5.69 Å². The van der Waals surface area contributed by atoms with E-state index in [-0.39, 0.29) is 5.75 Å². The van der Waals surface area contributed by atoms with Gasteiger partial charge in [-0.25, -0.2) is 0 Å². The highest BCUT2D eigenvalue weighted by molar-refractivity contribution is 6.00. The summed E-state index contributed by atoms with van der Waals surface area (Å²) in [7, 11) is 0. The first-order chi connectivity index (χ1) is 8.75. The molecule has 0 radical (unpaired) electrons. The highest BCUT2D eigenvalue weighted by Gasteiger charge is 2.08. The van der Waals surface area contributed by atoms with Crippen LogP contribution in [0.2, 0.25) is 0 Å². The summed E-state index contributed by atoms with van der Waals surface area (Å²) in [6, 6.07) is 19.2. The zero-order valence-corrected chi connectivity index (χ0v) is 9.80. The average molecular weight is 235 g/mol.